The zero-order chi connectivity index (χ0) is 25.2. The molecule has 0 spiro atoms. The molecule has 2 aromatic carbocycles. The highest BCUT2D eigenvalue weighted by Gasteiger charge is 2.31. The van der Waals surface area contributed by atoms with Crippen LogP contribution in [0.5, 0.6) is 0 Å². The molecule has 0 bridgehead atoms. The zero-order valence-electron chi connectivity index (χ0n) is 18.5. The van der Waals surface area contributed by atoms with Crippen LogP contribution in [0.3, 0.4) is 0 Å². The van der Waals surface area contributed by atoms with Gasteiger partial charge in [0.2, 0.25) is 0 Å². The summed E-state index contributed by atoms with van der Waals surface area (Å²) in [5.41, 5.74) is 1.60. The van der Waals surface area contributed by atoms with Crippen molar-refractivity contribution in [3.63, 3.8) is 0 Å². The average molecular weight is 489 g/mol. The predicted octanol–water partition coefficient (Wildman–Crippen LogP) is 3.80. The lowest BCUT2D eigenvalue weighted by Gasteiger charge is -2.25. The number of aliphatic hydroxyl groups excluding tert-OH is 2. The van der Waals surface area contributed by atoms with E-state index < -0.39 is 36.2 Å². The Morgan fingerprint density at radius 3 is 2.69 bits per heavy atom. The maximum absolute atomic E-state index is 13.8. The number of alkyl halides is 3. The van der Waals surface area contributed by atoms with Crippen molar-refractivity contribution >= 4 is 17.4 Å². The molecule has 1 atom stereocenters. The number of nitrogens with one attached hydrogen (secondary N) is 1. The number of hydrogen-bond donors (Lipinski definition) is 3. The van der Waals surface area contributed by atoms with E-state index in [2.05, 4.69) is 10.3 Å². The Kier molecular flexibility index (Phi) is 7.04. The van der Waals surface area contributed by atoms with Crippen molar-refractivity contribution in [1.82, 2.24) is 4.98 Å². The summed E-state index contributed by atoms with van der Waals surface area (Å²) in [6.07, 6.45) is -3.93. The van der Waals surface area contributed by atoms with Crippen LogP contribution in [-0.2, 0) is 19.0 Å². The summed E-state index contributed by atoms with van der Waals surface area (Å²) in [5, 5.41) is 22.6. The second-order valence-corrected chi connectivity index (χ2v) is 8.31. The molecule has 6 nitrogen and oxygen atoms in total. The van der Waals surface area contributed by atoms with Crippen molar-refractivity contribution in [3.8, 4) is 0 Å². The van der Waals surface area contributed by atoms with E-state index in [1.54, 1.807) is 18.2 Å². The average Bonchev–Trinajstić information content (AvgIpc) is 3.30. The van der Waals surface area contributed by atoms with Gasteiger partial charge in [-0.1, -0.05) is 6.07 Å². The van der Waals surface area contributed by atoms with Gasteiger partial charge in [0.15, 0.2) is 0 Å². The van der Waals surface area contributed by atoms with Crippen LogP contribution < -0.4 is 10.2 Å². The quantitative estimate of drug-likeness (QED) is 0.440. The molecule has 35 heavy (non-hydrogen) atoms. The summed E-state index contributed by atoms with van der Waals surface area (Å²) >= 11 is 0. The minimum atomic E-state index is -4.69. The third-order valence-corrected chi connectivity index (χ3v) is 5.73. The molecule has 1 aliphatic rings. The first kappa shape index (κ1) is 24.6. The Balaban J connectivity index is 1.67. The van der Waals surface area contributed by atoms with Crippen molar-refractivity contribution in [2.45, 2.75) is 25.1 Å². The first-order valence-corrected chi connectivity index (χ1v) is 10.9. The molecular formula is C25H23F4N3O3. The predicted molar refractivity (Wildman–Crippen MR) is 122 cm³/mol. The van der Waals surface area contributed by atoms with Crippen molar-refractivity contribution in [2.75, 3.05) is 29.9 Å². The molecule has 0 fully saturated rings. The number of rotatable bonds is 7. The van der Waals surface area contributed by atoms with Gasteiger partial charge < -0.3 is 15.5 Å². The number of aromatic nitrogens is 1. The molecule has 1 aromatic heterocycles. The molecule has 3 aromatic rings. The Hall–Kier alpha value is -3.50. The second kappa shape index (κ2) is 10.0. The molecule has 0 aliphatic carbocycles. The van der Waals surface area contributed by atoms with Crippen molar-refractivity contribution in [1.29, 1.82) is 0 Å². The number of halogens is 4. The third kappa shape index (κ3) is 5.60. The topological polar surface area (TPSA) is 85.7 Å². The fraction of sp³-hybridized carbons (Fsp3) is 0.280. The van der Waals surface area contributed by atoms with E-state index in [1.807, 2.05) is 6.07 Å². The summed E-state index contributed by atoms with van der Waals surface area (Å²) in [6.45, 7) is -0.150. The van der Waals surface area contributed by atoms with E-state index >= 15 is 0 Å². The van der Waals surface area contributed by atoms with E-state index in [-0.39, 0.29) is 24.3 Å². The van der Waals surface area contributed by atoms with Gasteiger partial charge in [0.1, 0.15) is 11.6 Å². The maximum Gasteiger partial charge on any atom is 0.416 e. The molecule has 2 heterocycles. The molecule has 0 saturated heterocycles. The fourth-order valence-corrected chi connectivity index (χ4v) is 4.11. The number of carbonyl (C=O) groups is 1. The van der Waals surface area contributed by atoms with Gasteiger partial charge in [-0.15, -0.1) is 0 Å². The fourth-order valence-electron chi connectivity index (χ4n) is 4.11. The van der Waals surface area contributed by atoms with Gasteiger partial charge in [-0.2, -0.15) is 13.2 Å². The lowest BCUT2D eigenvalue weighted by Crippen LogP contribution is -2.40. The summed E-state index contributed by atoms with van der Waals surface area (Å²) in [5.74, 6) is -1.29. The number of aliphatic hydroxyl groups is 2. The van der Waals surface area contributed by atoms with Crippen LogP contribution in [0.4, 0.5) is 29.1 Å². The molecule has 10 heteroatoms. The minimum Gasteiger partial charge on any atom is -0.394 e. The number of benzene rings is 2. The van der Waals surface area contributed by atoms with Crippen LogP contribution in [0.25, 0.3) is 0 Å². The molecule has 0 unspecified atom stereocenters. The Bertz CT molecular complexity index is 1230. The van der Waals surface area contributed by atoms with Crippen LogP contribution in [0.2, 0.25) is 0 Å². The Morgan fingerprint density at radius 1 is 1.14 bits per heavy atom. The van der Waals surface area contributed by atoms with Gasteiger partial charge in [-0.05, 0) is 72.0 Å². The van der Waals surface area contributed by atoms with Gasteiger partial charge in [-0.25, -0.2) is 9.37 Å². The Labute approximate surface area is 198 Å². The van der Waals surface area contributed by atoms with E-state index in [1.165, 1.54) is 17.2 Å². The van der Waals surface area contributed by atoms with Gasteiger partial charge >= 0.3 is 6.18 Å². The van der Waals surface area contributed by atoms with Crippen LogP contribution in [0.1, 0.15) is 32.6 Å². The van der Waals surface area contributed by atoms with Crippen molar-refractivity contribution < 1.29 is 32.6 Å². The smallest absolute Gasteiger partial charge is 0.394 e. The second-order valence-electron chi connectivity index (χ2n) is 8.31. The van der Waals surface area contributed by atoms with E-state index in [0.29, 0.717) is 30.2 Å². The molecule has 184 valence electrons. The van der Waals surface area contributed by atoms with Gasteiger partial charge in [0.25, 0.3) is 5.91 Å². The standard InChI is InChI=1S/C25H23F4N3O3/c26-18-10-16(9-17(12-18)25(27,28)29)8-15-4-6-31-23(11-15)32(13-19(34)14-33)24(35)21-2-1-3-22-20(21)5-7-30-22/h1-4,6,9-12,19,30,33-34H,5,7-8,13-14H2/t19-/m1/s1. The highest BCUT2D eigenvalue weighted by atomic mass is 19.4. The molecule has 0 saturated carbocycles. The SMILES string of the molecule is O=C(c1cccc2c1CCN2)N(C[C@@H](O)CO)c1cc(Cc2cc(F)cc(C(F)(F)F)c2)ccn1. The summed E-state index contributed by atoms with van der Waals surface area (Å²) < 4.78 is 53.1. The number of anilines is 2. The van der Waals surface area contributed by atoms with E-state index in [0.717, 1.165) is 23.4 Å². The number of pyridine rings is 1. The van der Waals surface area contributed by atoms with Crippen molar-refractivity contribution in [3.05, 3.63) is 88.4 Å². The lowest BCUT2D eigenvalue weighted by molar-refractivity contribution is -0.137. The highest BCUT2D eigenvalue weighted by molar-refractivity contribution is 6.07. The molecule has 0 radical (unpaired) electrons. The number of fused-ring (bicyclic) bond motifs is 1. The molecule has 1 aliphatic heterocycles. The van der Waals surface area contributed by atoms with Crippen LogP contribution in [0.15, 0.2) is 54.7 Å². The number of hydrogen-bond acceptors (Lipinski definition) is 5. The largest absolute Gasteiger partial charge is 0.416 e. The van der Waals surface area contributed by atoms with E-state index in [4.69, 9.17) is 0 Å². The summed E-state index contributed by atoms with van der Waals surface area (Å²) in [7, 11) is 0. The highest BCUT2D eigenvalue weighted by Crippen LogP contribution is 2.31. The van der Waals surface area contributed by atoms with Crippen molar-refractivity contribution in [2.24, 2.45) is 0 Å². The van der Waals surface area contributed by atoms with Gasteiger partial charge in [0, 0.05) is 24.0 Å². The first-order chi connectivity index (χ1) is 16.7. The molecule has 3 N–H and O–H groups in total. The van der Waals surface area contributed by atoms with Gasteiger partial charge in [-0.3, -0.25) is 9.69 Å². The summed E-state index contributed by atoms with van der Waals surface area (Å²) in [6, 6.07) is 10.7. The Morgan fingerprint density at radius 2 is 1.94 bits per heavy atom. The molecule has 4 rings (SSSR count). The number of amides is 1. The first-order valence-electron chi connectivity index (χ1n) is 10.9. The number of nitrogens with zero attached hydrogens (tertiary/aromatic N) is 2. The zero-order valence-corrected chi connectivity index (χ0v) is 18.5. The lowest BCUT2D eigenvalue weighted by atomic mass is 10.0. The molecular weight excluding hydrogens is 466 g/mol. The van der Waals surface area contributed by atoms with Crippen LogP contribution in [-0.4, -0.2) is 46.9 Å². The minimum absolute atomic E-state index is 0.0361. The molecule has 1 amide bonds. The third-order valence-electron chi connectivity index (χ3n) is 5.73. The van der Waals surface area contributed by atoms with Crippen LogP contribution >= 0.6 is 0 Å². The number of carbonyl (C=O) groups excluding carboxylic acids is 1. The van der Waals surface area contributed by atoms with Crippen LogP contribution in [0, 0.1) is 5.82 Å². The summed E-state index contributed by atoms with van der Waals surface area (Å²) in [4.78, 5) is 19.0. The normalized spacial score (nSPS) is 13.8. The van der Waals surface area contributed by atoms with E-state index in [9.17, 15) is 32.6 Å². The maximum atomic E-state index is 13.8. The monoisotopic (exact) mass is 489 g/mol. The van der Waals surface area contributed by atoms with Gasteiger partial charge in [0.05, 0.1) is 24.8 Å².